The van der Waals surface area contributed by atoms with E-state index in [2.05, 4.69) is 10.3 Å². The van der Waals surface area contributed by atoms with E-state index in [1.165, 1.54) is 0 Å². The van der Waals surface area contributed by atoms with Gasteiger partial charge in [0.2, 0.25) is 5.76 Å². The van der Waals surface area contributed by atoms with Gasteiger partial charge in [-0.3, -0.25) is 9.48 Å². The molecule has 4 rings (SSSR count). The summed E-state index contributed by atoms with van der Waals surface area (Å²) in [5.41, 5.74) is 2.54. The van der Waals surface area contributed by atoms with Gasteiger partial charge in [-0.1, -0.05) is 17.3 Å². The Morgan fingerprint density at radius 1 is 1.31 bits per heavy atom. The van der Waals surface area contributed by atoms with Gasteiger partial charge in [0.05, 0.1) is 19.3 Å². The molecular weight excluding hydrogens is 332 g/mol. The third-order valence-corrected chi connectivity index (χ3v) is 4.74. The molecule has 3 aromatic rings. The summed E-state index contributed by atoms with van der Waals surface area (Å²) in [5.74, 6) is 0.927. The monoisotopic (exact) mass is 352 g/mol. The fourth-order valence-electron chi connectivity index (χ4n) is 3.39. The first kappa shape index (κ1) is 16.4. The Labute approximate surface area is 151 Å². The zero-order chi connectivity index (χ0) is 18.1. The molecule has 7 heteroatoms. The molecule has 1 aromatic carbocycles. The summed E-state index contributed by atoms with van der Waals surface area (Å²) < 4.78 is 12.2. The van der Waals surface area contributed by atoms with Crippen molar-refractivity contribution < 1.29 is 14.1 Å². The van der Waals surface area contributed by atoms with Crippen LogP contribution in [0.4, 0.5) is 0 Å². The van der Waals surface area contributed by atoms with E-state index in [1.807, 2.05) is 42.4 Å². The van der Waals surface area contributed by atoms with Crippen LogP contribution >= 0.6 is 0 Å². The molecule has 2 aromatic heterocycles. The predicted octanol–water partition coefficient (Wildman–Crippen LogP) is 3.06. The summed E-state index contributed by atoms with van der Waals surface area (Å²) in [4.78, 5) is 14.8. The number of aromatic nitrogens is 3. The van der Waals surface area contributed by atoms with Crippen molar-refractivity contribution in [1.82, 2.24) is 19.8 Å². The second-order valence-electron chi connectivity index (χ2n) is 6.41. The highest BCUT2D eigenvalue weighted by Crippen LogP contribution is 2.34. The Morgan fingerprint density at radius 2 is 2.12 bits per heavy atom. The summed E-state index contributed by atoms with van der Waals surface area (Å²) >= 11 is 0. The largest absolute Gasteiger partial charge is 0.497 e. The average molecular weight is 352 g/mol. The Kier molecular flexibility index (Phi) is 4.20. The molecule has 1 amide bonds. The van der Waals surface area contributed by atoms with Gasteiger partial charge in [0, 0.05) is 31.4 Å². The Bertz CT molecular complexity index is 913. The van der Waals surface area contributed by atoms with Crippen LogP contribution in [0.5, 0.6) is 5.75 Å². The van der Waals surface area contributed by atoms with Crippen molar-refractivity contribution in [2.45, 2.75) is 18.9 Å². The number of rotatable bonds is 4. The van der Waals surface area contributed by atoms with Gasteiger partial charge in [0.15, 0.2) is 0 Å². The van der Waals surface area contributed by atoms with Gasteiger partial charge in [-0.05, 0) is 30.5 Å². The number of hydrogen-bond acceptors (Lipinski definition) is 5. The summed E-state index contributed by atoms with van der Waals surface area (Å²) in [5, 5.41) is 8.14. The number of ether oxygens (including phenoxy) is 1. The number of amides is 1. The third-order valence-electron chi connectivity index (χ3n) is 4.74. The van der Waals surface area contributed by atoms with Crippen LogP contribution in [0.25, 0.3) is 11.3 Å². The van der Waals surface area contributed by atoms with E-state index in [9.17, 15) is 4.79 Å². The van der Waals surface area contributed by atoms with E-state index < -0.39 is 0 Å². The molecular formula is C19H20N4O3. The topological polar surface area (TPSA) is 73.4 Å². The van der Waals surface area contributed by atoms with Crippen LogP contribution in [0, 0.1) is 0 Å². The van der Waals surface area contributed by atoms with E-state index in [0.29, 0.717) is 12.2 Å². The zero-order valence-corrected chi connectivity index (χ0v) is 14.8. The van der Waals surface area contributed by atoms with Crippen LogP contribution in [0.15, 0.2) is 47.2 Å². The van der Waals surface area contributed by atoms with Gasteiger partial charge in [0.1, 0.15) is 11.4 Å². The molecule has 0 bridgehead atoms. The number of benzene rings is 1. The van der Waals surface area contributed by atoms with Crippen molar-refractivity contribution in [1.29, 1.82) is 0 Å². The van der Waals surface area contributed by atoms with Crippen molar-refractivity contribution in [3.63, 3.8) is 0 Å². The first-order chi connectivity index (χ1) is 12.7. The van der Waals surface area contributed by atoms with Crippen LogP contribution < -0.4 is 4.74 Å². The number of likely N-dealkylation sites (tertiary alicyclic amines) is 1. The molecule has 0 radical (unpaired) electrons. The van der Waals surface area contributed by atoms with Crippen LogP contribution in [0.2, 0.25) is 0 Å². The van der Waals surface area contributed by atoms with Crippen LogP contribution in [0.1, 0.15) is 35.0 Å². The average Bonchev–Trinajstić information content (AvgIpc) is 3.41. The van der Waals surface area contributed by atoms with Gasteiger partial charge in [-0.25, -0.2) is 0 Å². The maximum atomic E-state index is 13.0. The molecule has 0 unspecified atom stereocenters. The van der Waals surface area contributed by atoms with Crippen LogP contribution in [-0.2, 0) is 7.05 Å². The lowest BCUT2D eigenvalue weighted by Gasteiger charge is -2.24. The molecule has 1 aliphatic heterocycles. The van der Waals surface area contributed by atoms with Crippen molar-refractivity contribution in [2.75, 3.05) is 13.7 Å². The van der Waals surface area contributed by atoms with Crippen LogP contribution in [0.3, 0.4) is 0 Å². The number of aryl methyl sites for hydroxylation is 1. The van der Waals surface area contributed by atoms with E-state index in [-0.39, 0.29) is 17.7 Å². The number of carbonyl (C=O) groups excluding carboxylic acids is 1. The summed E-state index contributed by atoms with van der Waals surface area (Å²) in [6.45, 7) is 0.707. The smallest absolute Gasteiger partial charge is 0.292 e. The van der Waals surface area contributed by atoms with Gasteiger partial charge in [-0.15, -0.1) is 0 Å². The Hall–Kier alpha value is -3.09. The van der Waals surface area contributed by atoms with Crippen molar-refractivity contribution in [3.05, 3.63) is 54.0 Å². The SMILES string of the molecule is COc1ccc([C@@H]2CCCN2C(=O)c2cc(-c3cnn(C)c3)no2)cc1. The van der Waals surface area contributed by atoms with E-state index in [1.54, 1.807) is 24.1 Å². The highest BCUT2D eigenvalue weighted by molar-refractivity contribution is 5.92. The van der Waals surface area contributed by atoms with Crippen molar-refractivity contribution in [3.8, 4) is 17.0 Å². The maximum absolute atomic E-state index is 13.0. The predicted molar refractivity (Wildman–Crippen MR) is 94.7 cm³/mol. The molecule has 1 aliphatic rings. The highest BCUT2D eigenvalue weighted by atomic mass is 16.5. The molecule has 134 valence electrons. The fraction of sp³-hybridized carbons (Fsp3) is 0.316. The lowest BCUT2D eigenvalue weighted by Crippen LogP contribution is -2.30. The lowest BCUT2D eigenvalue weighted by molar-refractivity contribution is 0.0693. The number of carbonyl (C=O) groups is 1. The van der Waals surface area contributed by atoms with Gasteiger partial charge in [0.25, 0.3) is 5.91 Å². The molecule has 0 spiro atoms. The Balaban J connectivity index is 1.55. The summed E-state index contributed by atoms with van der Waals surface area (Å²) in [7, 11) is 3.48. The summed E-state index contributed by atoms with van der Waals surface area (Å²) in [6.07, 6.45) is 5.43. The zero-order valence-electron chi connectivity index (χ0n) is 14.8. The van der Waals surface area contributed by atoms with Gasteiger partial charge in [-0.2, -0.15) is 5.10 Å². The first-order valence-corrected chi connectivity index (χ1v) is 8.56. The molecule has 1 saturated heterocycles. The van der Waals surface area contributed by atoms with Crippen molar-refractivity contribution in [2.24, 2.45) is 7.05 Å². The number of hydrogen-bond donors (Lipinski definition) is 0. The molecule has 1 fully saturated rings. The van der Waals surface area contributed by atoms with Gasteiger partial charge < -0.3 is 14.2 Å². The molecule has 0 aliphatic carbocycles. The second kappa shape index (κ2) is 6.67. The number of methoxy groups -OCH3 is 1. The number of nitrogens with zero attached hydrogens (tertiary/aromatic N) is 4. The van der Waals surface area contributed by atoms with Crippen LogP contribution in [-0.4, -0.2) is 39.4 Å². The maximum Gasteiger partial charge on any atom is 0.292 e. The highest BCUT2D eigenvalue weighted by Gasteiger charge is 2.32. The van der Waals surface area contributed by atoms with Crippen molar-refractivity contribution >= 4 is 5.91 Å². The van der Waals surface area contributed by atoms with Gasteiger partial charge >= 0.3 is 0 Å². The van der Waals surface area contributed by atoms with E-state index >= 15 is 0 Å². The molecule has 0 saturated carbocycles. The molecule has 1 atom stereocenters. The minimum atomic E-state index is -0.133. The minimum absolute atomic E-state index is 0.0420. The third kappa shape index (κ3) is 2.96. The van der Waals surface area contributed by atoms with E-state index in [4.69, 9.17) is 9.26 Å². The normalized spacial score (nSPS) is 16.8. The van der Waals surface area contributed by atoms with E-state index in [0.717, 1.165) is 29.7 Å². The summed E-state index contributed by atoms with van der Waals surface area (Å²) in [6, 6.07) is 9.59. The standard InChI is InChI=1S/C19H20N4O3/c1-22-12-14(11-20-22)16-10-18(26-21-16)19(24)23-9-3-4-17(23)13-5-7-15(25-2)8-6-13/h5-8,10-12,17H,3-4,9H2,1-2H3/t17-/m0/s1. The fourth-order valence-corrected chi connectivity index (χ4v) is 3.39. The second-order valence-corrected chi connectivity index (χ2v) is 6.41. The Morgan fingerprint density at radius 3 is 2.81 bits per heavy atom. The molecule has 7 nitrogen and oxygen atoms in total. The minimum Gasteiger partial charge on any atom is -0.497 e. The lowest BCUT2D eigenvalue weighted by atomic mass is 10.0. The first-order valence-electron chi connectivity index (χ1n) is 8.56. The molecule has 3 heterocycles. The quantitative estimate of drug-likeness (QED) is 0.721. The molecule has 0 N–H and O–H groups in total. The molecule has 26 heavy (non-hydrogen) atoms.